The molecule has 0 saturated heterocycles. The molecule has 0 radical (unpaired) electrons. The topological polar surface area (TPSA) is 29.9 Å². The van der Waals surface area contributed by atoms with E-state index in [1.54, 1.807) is 0 Å². The quantitative estimate of drug-likeness (QED) is 0.731. The number of nitrogens with one attached hydrogen (secondary N) is 1. The van der Waals surface area contributed by atoms with Gasteiger partial charge in [0.1, 0.15) is 0 Å². The van der Waals surface area contributed by atoms with E-state index in [4.69, 9.17) is 0 Å². The minimum Gasteiger partial charge on any atom is -0.330 e. The molecule has 1 saturated carbocycles. The van der Waals surface area contributed by atoms with Gasteiger partial charge in [-0.2, -0.15) is 0 Å². The molecule has 1 fully saturated rings. The summed E-state index contributed by atoms with van der Waals surface area (Å²) in [6.07, 6.45) is 8.66. The summed E-state index contributed by atoms with van der Waals surface area (Å²) in [5, 5.41) is 3.43. The van der Waals surface area contributed by atoms with Gasteiger partial charge >= 0.3 is 0 Å². The lowest BCUT2D eigenvalue weighted by molar-refractivity contribution is 0.481. The Labute approximate surface area is 84.5 Å². The highest BCUT2D eigenvalue weighted by molar-refractivity contribution is 5.17. The maximum atomic E-state index is 4.52. The first-order valence-electron chi connectivity index (χ1n) is 5.70. The van der Waals surface area contributed by atoms with Crippen LogP contribution in [-0.2, 0) is 13.0 Å². The Hall–Kier alpha value is -0.830. The Balaban J connectivity index is 1.93. The number of imidazole rings is 1. The third kappa shape index (κ3) is 1.27. The number of hydrogen-bond acceptors (Lipinski definition) is 2. The summed E-state index contributed by atoms with van der Waals surface area (Å²) in [4.78, 5) is 4.52. The van der Waals surface area contributed by atoms with Crippen LogP contribution in [0.3, 0.4) is 0 Å². The molecule has 0 aromatic carbocycles. The molecular weight excluding hydrogens is 174 g/mol. The molecule has 3 rings (SSSR count). The standard InChI is InChI=1S/C11H17N3/c1-2-4-9(3-1)14-8-13-10-5-6-12-7-11(10)14/h8-9,12H,1-7H2. The summed E-state index contributed by atoms with van der Waals surface area (Å²) in [6, 6.07) is 0.742. The average Bonchev–Trinajstić information content (AvgIpc) is 2.85. The van der Waals surface area contributed by atoms with Crippen molar-refractivity contribution in [2.45, 2.75) is 44.7 Å². The highest BCUT2D eigenvalue weighted by Gasteiger charge is 2.22. The van der Waals surface area contributed by atoms with Crippen molar-refractivity contribution < 1.29 is 0 Å². The minimum absolute atomic E-state index is 0.742. The van der Waals surface area contributed by atoms with Crippen LogP contribution in [0.1, 0.15) is 43.1 Å². The zero-order chi connectivity index (χ0) is 9.38. The summed E-state index contributed by atoms with van der Waals surface area (Å²) in [6.45, 7) is 2.11. The molecule has 1 aromatic rings. The van der Waals surface area contributed by atoms with Crippen molar-refractivity contribution in [3.05, 3.63) is 17.7 Å². The van der Waals surface area contributed by atoms with Gasteiger partial charge in [0.15, 0.2) is 0 Å². The van der Waals surface area contributed by atoms with Crippen LogP contribution < -0.4 is 5.32 Å². The second kappa shape index (κ2) is 3.39. The highest BCUT2D eigenvalue weighted by atomic mass is 15.1. The van der Waals surface area contributed by atoms with Crippen LogP contribution in [0.15, 0.2) is 6.33 Å². The molecular formula is C11H17N3. The fourth-order valence-electron chi connectivity index (χ4n) is 2.74. The van der Waals surface area contributed by atoms with E-state index < -0.39 is 0 Å². The third-order valence-electron chi connectivity index (χ3n) is 3.53. The van der Waals surface area contributed by atoms with Gasteiger partial charge < -0.3 is 9.88 Å². The average molecular weight is 191 g/mol. The predicted molar refractivity (Wildman–Crippen MR) is 55.1 cm³/mol. The maximum Gasteiger partial charge on any atom is 0.0954 e. The fourth-order valence-corrected chi connectivity index (χ4v) is 2.74. The highest BCUT2D eigenvalue weighted by Crippen LogP contribution is 2.31. The number of fused-ring (bicyclic) bond motifs is 1. The normalized spacial score (nSPS) is 22.6. The van der Waals surface area contributed by atoms with E-state index in [1.165, 1.54) is 37.1 Å². The number of hydrogen-bond donors (Lipinski definition) is 1. The molecule has 0 bridgehead atoms. The Morgan fingerprint density at radius 2 is 2.21 bits per heavy atom. The lowest BCUT2D eigenvalue weighted by atomic mass is 10.1. The van der Waals surface area contributed by atoms with E-state index >= 15 is 0 Å². The van der Waals surface area contributed by atoms with E-state index in [9.17, 15) is 0 Å². The van der Waals surface area contributed by atoms with Crippen LogP contribution in [0.5, 0.6) is 0 Å². The molecule has 0 amide bonds. The lowest BCUT2D eigenvalue weighted by Gasteiger charge is -2.19. The molecule has 1 aliphatic carbocycles. The van der Waals surface area contributed by atoms with Gasteiger partial charge in [-0.05, 0) is 12.8 Å². The Morgan fingerprint density at radius 3 is 3.07 bits per heavy atom. The molecule has 2 heterocycles. The molecule has 1 N–H and O–H groups in total. The Bertz CT molecular complexity index is 323. The van der Waals surface area contributed by atoms with Gasteiger partial charge in [-0.25, -0.2) is 4.98 Å². The summed E-state index contributed by atoms with van der Waals surface area (Å²) in [5.41, 5.74) is 2.78. The molecule has 3 heteroatoms. The molecule has 2 aliphatic rings. The summed E-state index contributed by atoms with van der Waals surface area (Å²) in [7, 11) is 0. The first-order valence-corrected chi connectivity index (χ1v) is 5.70. The molecule has 14 heavy (non-hydrogen) atoms. The SMILES string of the molecule is c1nc2c(n1C1CCCC1)CNCC2. The summed E-state index contributed by atoms with van der Waals surface area (Å²) >= 11 is 0. The molecule has 76 valence electrons. The Morgan fingerprint density at radius 1 is 1.36 bits per heavy atom. The van der Waals surface area contributed by atoms with E-state index in [0.717, 1.165) is 25.6 Å². The summed E-state index contributed by atoms with van der Waals surface area (Å²) < 4.78 is 2.43. The second-order valence-corrected chi connectivity index (χ2v) is 4.41. The van der Waals surface area contributed by atoms with Gasteiger partial charge in [0.05, 0.1) is 17.7 Å². The van der Waals surface area contributed by atoms with Gasteiger partial charge in [-0.3, -0.25) is 0 Å². The van der Waals surface area contributed by atoms with Crippen molar-refractivity contribution in [2.75, 3.05) is 6.54 Å². The van der Waals surface area contributed by atoms with Crippen molar-refractivity contribution in [1.82, 2.24) is 14.9 Å². The molecule has 0 unspecified atom stereocenters. The monoisotopic (exact) mass is 191 g/mol. The second-order valence-electron chi connectivity index (χ2n) is 4.41. The molecule has 0 spiro atoms. The smallest absolute Gasteiger partial charge is 0.0954 e. The van der Waals surface area contributed by atoms with Gasteiger partial charge in [0.2, 0.25) is 0 Å². The van der Waals surface area contributed by atoms with Crippen molar-refractivity contribution in [3.63, 3.8) is 0 Å². The third-order valence-corrected chi connectivity index (χ3v) is 3.53. The Kier molecular flexibility index (Phi) is 2.05. The van der Waals surface area contributed by atoms with Crippen molar-refractivity contribution in [2.24, 2.45) is 0 Å². The van der Waals surface area contributed by atoms with Crippen molar-refractivity contribution in [1.29, 1.82) is 0 Å². The zero-order valence-corrected chi connectivity index (χ0v) is 8.50. The van der Waals surface area contributed by atoms with E-state index in [2.05, 4.69) is 21.2 Å². The number of nitrogens with zero attached hydrogens (tertiary/aromatic N) is 2. The van der Waals surface area contributed by atoms with Crippen molar-refractivity contribution in [3.8, 4) is 0 Å². The first-order chi connectivity index (χ1) is 6.95. The van der Waals surface area contributed by atoms with E-state index in [0.29, 0.717) is 0 Å². The van der Waals surface area contributed by atoms with Gasteiger partial charge in [-0.1, -0.05) is 12.8 Å². The lowest BCUT2D eigenvalue weighted by Crippen LogP contribution is -2.26. The number of rotatable bonds is 1. The molecule has 0 atom stereocenters. The summed E-state index contributed by atoms with van der Waals surface area (Å²) in [5.74, 6) is 0. The molecule has 1 aromatic heterocycles. The van der Waals surface area contributed by atoms with Gasteiger partial charge in [0, 0.05) is 25.6 Å². The van der Waals surface area contributed by atoms with E-state index in [1.807, 2.05) is 0 Å². The van der Waals surface area contributed by atoms with Crippen molar-refractivity contribution >= 4 is 0 Å². The van der Waals surface area contributed by atoms with Gasteiger partial charge in [-0.15, -0.1) is 0 Å². The molecule has 3 nitrogen and oxygen atoms in total. The van der Waals surface area contributed by atoms with Crippen LogP contribution in [0, 0.1) is 0 Å². The first kappa shape index (κ1) is 8.48. The number of aromatic nitrogens is 2. The van der Waals surface area contributed by atoms with Crippen LogP contribution >= 0.6 is 0 Å². The molecule has 1 aliphatic heterocycles. The minimum atomic E-state index is 0.742. The van der Waals surface area contributed by atoms with E-state index in [-0.39, 0.29) is 0 Å². The van der Waals surface area contributed by atoms with Crippen LogP contribution in [0.4, 0.5) is 0 Å². The van der Waals surface area contributed by atoms with Crippen LogP contribution in [-0.4, -0.2) is 16.1 Å². The largest absolute Gasteiger partial charge is 0.330 e. The zero-order valence-electron chi connectivity index (χ0n) is 8.50. The van der Waals surface area contributed by atoms with Crippen LogP contribution in [0.2, 0.25) is 0 Å². The fraction of sp³-hybridized carbons (Fsp3) is 0.727. The van der Waals surface area contributed by atoms with Gasteiger partial charge in [0.25, 0.3) is 0 Å². The predicted octanol–water partition coefficient (Wildman–Crippen LogP) is 1.64. The maximum absolute atomic E-state index is 4.52. The van der Waals surface area contributed by atoms with Crippen LogP contribution in [0.25, 0.3) is 0 Å².